The third kappa shape index (κ3) is 9.92. The van der Waals surface area contributed by atoms with Crippen molar-refractivity contribution in [3.63, 3.8) is 0 Å². The molecule has 67 heavy (non-hydrogen) atoms. The van der Waals surface area contributed by atoms with Crippen molar-refractivity contribution in [2.45, 2.75) is 50.8 Å². The zero-order valence-corrected chi connectivity index (χ0v) is 37.3. The summed E-state index contributed by atoms with van der Waals surface area (Å²) in [6.07, 6.45) is -1.38. The molecule has 0 radical (unpaired) electrons. The monoisotopic (exact) mass is 958 g/mol. The van der Waals surface area contributed by atoms with E-state index in [2.05, 4.69) is 4.99 Å². The van der Waals surface area contributed by atoms with Crippen LogP contribution in [0.3, 0.4) is 0 Å². The van der Waals surface area contributed by atoms with Gasteiger partial charge in [0.25, 0.3) is 23.4 Å². The largest absolute Gasteiger partial charge is 0.456 e. The minimum atomic E-state index is -1.17. The molecule has 4 heterocycles. The third-order valence-electron chi connectivity index (χ3n) is 11.0. The van der Waals surface area contributed by atoms with Crippen molar-refractivity contribution >= 4 is 80.6 Å². The van der Waals surface area contributed by atoms with E-state index in [1.807, 2.05) is 21.3 Å². The Hall–Kier alpha value is -7.77. The zero-order chi connectivity index (χ0) is 48.3. The van der Waals surface area contributed by atoms with Gasteiger partial charge in [-0.15, -0.1) is 4.99 Å². The molecule has 0 bridgehead atoms. The standard InChI is InChI=1S/C42H39N9O14S2/c1-23-32(35(48-34(23)33(24(2)52)36(48)53)39(54)63-18-25-4-10-28(11-5-25)49(57)58)31-21-67-38-37(45(3)22-47(31)38)66-17-16-46(42(56)65-20-27-8-14-30(15-9-27)51(61)62)40(43)44-41(55)64-19-26-6-12-29(13-7-26)50(59)60/h4-15,21-24,33-34,52H,16-20H2,1-3H3,(H-,43,44,55)/p+1/t23-,24+,33+,34+/m0/s1. The van der Waals surface area contributed by atoms with Gasteiger partial charge in [0.05, 0.1) is 39.9 Å². The Morgan fingerprint density at radius 1 is 0.881 bits per heavy atom. The molecule has 0 unspecified atom stereocenters. The van der Waals surface area contributed by atoms with E-state index in [1.54, 1.807) is 13.4 Å². The quantitative estimate of drug-likeness (QED) is 0.0147. The number of aromatic nitrogens is 2. The normalized spacial score (nSPS) is 17.1. The highest BCUT2D eigenvalue weighted by Gasteiger charge is 2.61. The van der Waals surface area contributed by atoms with Gasteiger partial charge in [-0.1, -0.05) is 30.0 Å². The second-order valence-corrected chi connectivity index (χ2v) is 17.2. The number of fused-ring (bicyclic) bond motifs is 2. The Kier molecular flexibility index (Phi) is 13.9. The van der Waals surface area contributed by atoms with Crippen LogP contribution in [-0.4, -0.2) is 88.5 Å². The molecule has 3 N–H and O–H groups in total. The van der Waals surface area contributed by atoms with Gasteiger partial charge >= 0.3 is 18.2 Å². The van der Waals surface area contributed by atoms with E-state index in [4.69, 9.17) is 19.9 Å². The number of β-lactam (4-membered cyclic amide) rings is 1. The molecule has 3 aromatic carbocycles. The molecule has 0 aliphatic carbocycles. The molecule has 23 nitrogen and oxygen atoms in total. The maximum atomic E-state index is 13.9. The number of thiazole rings is 1. The molecule has 4 atom stereocenters. The summed E-state index contributed by atoms with van der Waals surface area (Å²) in [6.45, 7) is 2.37. The van der Waals surface area contributed by atoms with Gasteiger partial charge in [-0.05, 0) is 60.0 Å². The van der Waals surface area contributed by atoms with Gasteiger partial charge in [-0.3, -0.25) is 35.1 Å². The van der Waals surface area contributed by atoms with Crippen LogP contribution in [0.1, 0.15) is 36.2 Å². The number of aryl methyl sites for hydroxylation is 1. The molecule has 2 aromatic heterocycles. The Balaban J connectivity index is 1.11. The predicted octanol–water partition coefficient (Wildman–Crippen LogP) is 5.24. The van der Waals surface area contributed by atoms with E-state index >= 15 is 0 Å². The number of nitro benzene ring substituents is 3. The lowest BCUT2D eigenvalue weighted by atomic mass is 9.77. The van der Waals surface area contributed by atoms with Crippen LogP contribution in [0.4, 0.5) is 26.7 Å². The number of thioether (sulfide) groups is 1. The SMILES string of the molecule is C[C@@H](O)[C@H]1C(=O)N2C(C(=O)OCc3ccc([N+](=O)[O-])cc3)=C(c3csc4c(SCCN(C(=O)OCc5ccc([N+](=O)[O-])cc5)C(N)=NC(=O)OCc5ccc([N+](=O)[O-])cc5)[n+](C)cn34)[C@H](C)[C@H]12. The molecule has 0 saturated carbocycles. The van der Waals surface area contributed by atoms with Crippen molar-refractivity contribution in [2.75, 3.05) is 12.3 Å². The lowest BCUT2D eigenvalue weighted by molar-refractivity contribution is -0.705. The number of carbonyl (C=O) groups excluding carboxylic acids is 4. The molecule has 1 saturated heterocycles. The van der Waals surface area contributed by atoms with Crippen molar-refractivity contribution in [1.82, 2.24) is 14.2 Å². The number of guanidine groups is 1. The number of non-ortho nitro benzene ring substituents is 3. The fourth-order valence-electron chi connectivity index (χ4n) is 7.68. The summed E-state index contributed by atoms with van der Waals surface area (Å²) in [6, 6.07) is 15.6. The van der Waals surface area contributed by atoms with E-state index in [9.17, 15) is 54.6 Å². The van der Waals surface area contributed by atoms with Crippen LogP contribution in [0.2, 0.25) is 0 Å². The number of aliphatic imine (C=N–C) groups is 1. The molecule has 5 aromatic rings. The van der Waals surface area contributed by atoms with Crippen LogP contribution in [-0.2, 0) is 50.7 Å². The number of hydrogen-bond donors (Lipinski definition) is 2. The summed E-state index contributed by atoms with van der Waals surface area (Å²) in [5.74, 6) is -2.82. The number of amides is 3. The Bertz CT molecular complexity index is 2840. The number of aliphatic hydroxyl groups excluding tert-OH is 1. The second-order valence-electron chi connectivity index (χ2n) is 15.3. The van der Waals surface area contributed by atoms with Crippen LogP contribution in [0.15, 0.2) is 100 Å². The lowest BCUT2D eigenvalue weighted by Crippen LogP contribution is -2.63. The molecule has 7 rings (SSSR count). The second kappa shape index (κ2) is 19.8. The van der Waals surface area contributed by atoms with Gasteiger partial charge in [-0.25, -0.2) is 23.9 Å². The number of esters is 1. The molecule has 348 valence electrons. The Morgan fingerprint density at radius 3 is 1.90 bits per heavy atom. The van der Waals surface area contributed by atoms with Gasteiger partial charge in [0.1, 0.15) is 31.2 Å². The highest BCUT2D eigenvalue weighted by atomic mass is 32.2. The Morgan fingerprint density at radius 2 is 1.39 bits per heavy atom. The number of ether oxygens (including phenoxy) is 3. The summed E-state index contributed by atoms with van der Waals surface area (Å²) >= 11 is 2.64. The zero-order valence-electron chi connectivity index (χ0n) is 35.7. The first-order valence-corrected chi connectivity index (χ1v) is 22.0. The first-order valence-electron chi connectivity index (χ1n) is 20.1. The van der Waals surface area contributed by atoms with Crippen LogP contribution < -0.4 is 10.3 Å². The van der Waals surface area contributed by atoms with Crippen LogP contribution >= 0.6 is 23.1 Å². The lowest BCUT2D eigenvalue weighted by Gasteiger charge is -2.46. The van der Waals surface area contributed by atoms with Crippen LogP contribution in [0, 0.1) is 42.2 Å². The maximum Gasteiger partial charge on any atom is 0.437 e. The van der Waals surface area contributed by atoms with Gasteiger partial charge in [-0.2, -0.15) is 4.40 Å². The van der Waals surface area contributed by atoms with Gasteiger partial charge in [0.15, 0.2) is 0 Å². The fourth-order valence-corrected chi connectivity index (χ4v) is 9.91. The van der Waals surface area contributed by atoms with Crippen molar-refractivity contribution in [1.29, 1.82) is 0 Å². The van der Waals surface area contributed by atoms with E-state index in [1.165, 1.54) is 108 Å². The minimum Gasteiger partial charge on any atom is -0.456 e. The van der Waals surface area contributed by atoms with Crippen molar-refractivity contribution in [2.24, 2.45) is 29.6 Å². The molecule has 2 aliphatic rings. The van der Waals surface area contributed by atoms with Crippen molar-refractivity contribution < 1.29 is 57.8 Å². The van der Waals surface area contributed by atoms with Gasteiger partial charge < -0.3 is 30.0 Å². The summed E-state index contributed by atoms with van der Waals surface area (Å²) in [7, 11) is 1.78. The predicted molar refractivity (Wildman–Crippen MR) is 237 cm³/mol. The summed E-state index contributed by atoms with van der Waals surface area (Å²) in [5.41, 5.74) is 8.20. The highest BCUT2D eigenvalue weighted by Crippen LogP contribution is 2.51. The first-order chi connectivity index (χ1) is 31.9. The average molecular weight is 959 g/mol. The van der Waals surface area contributed by atoms with Gasteiger partial charge in [0.2, 0.25) is 21.7 Å². The van der Waals surface area contributed by atoms with Crippen molar-refractivity contribution in [3.05, 3.63) is 143 Å². The van der Waals surface area contributed by atoms with Crippen LogP contribution in [0.5, 0.6) is 0 Å². The number of aliphatic hydroxyl groups is 1. The van der Waals surface area contributed by atoms with Gasteiger partial charge in [0, 0.05) is 65.6 Å². The summed E-state index contributed by atoms with van der Waals surface area (Å²) in [4.78, 5) is 92.0. The topological polar surface area (TPSA) is 299 Å². The number of nitro groups is 3. The molecule has 25 heteroatoms. The Labute approximate surface area is 387 Å². The van der Waals surface area contributed by atoms with E-state index in [0.29, 0.717) is 33.0 Å². The fraction of sp³-hybridized carbons (Fsp3) is 0.286. The number of carbonyl (C=O) groups is 4. The highest BCUT2D eigenvalue weighted by molar-refractivity contribution is 7.99. The van der Waals surface area contributed by atoms with E-state index < -0.39 is 68.8 Å². The first kappa shape index (κ1) is 47.2. The smallest absolute Gasteiger partial charge is 0.437 e. The number of rotatable bonds is 16. The maximum absolute atomic E-state index is 13.9. The molecular weight excluding hydrogens is 919 g/mol. The average Bonchev–Trinajstić information content (AvgIpc) is 3.92. The number of nitrogens with zero attached hydrogens (tertiary/aromatic N) is 8. The van der Waals surface area contributed by atoms with Crippen molar-refractivity contribution in [3.8, 4) is 0 Å². The summed E-state index contributed by atoms with van der Waals surface area (Å²) < 4.78 is 20.0. The number of hydrogen-bond acceptors (Lipinski definition) is 16. The number of nitrogens with two attached hydrogens (primary N) is 1. The van der Waals surface area contributed by atoms with Crippen LogP contribution in [0.25, 0.3) is 10.4 Å². The van der Waals surface area contributed by atoms with E-state index in [-0.39, 0.29) is 54.9 Å². The number of benzene rings is 3. The molecule has 1 fully saturated rings. The van der Waals surface area contributed by atoms with E-state index in [0.717, 1.165) is 9.73 Å². The third-order valence-corrected chi connectivity index (χ3v) is 13.2. The minimum absolute atomic E-state index is 0.0236. The molecular formula is C42H40N9O14S2+. The molecule has 3 amide bonds. The molecule has 0 spiro atoms. The molecule has 2 aliphatic heterocycles. The number of imidazole rings is 1. The summed E-state index contributed by atoms with van der Waals surface area (Å²) in [5, 5.41) is 46.3.